The number of carbonyl (C=O) groups excluding carboxylic acids is 2. The van der Waals surface area contributed by atoms with Crippen molar-refractivity contribution in [1.82, 2.24) is 5.32 Å². The third-order valence-electron chi connectivity index (χ3n) is 2.69. The summed E-state index contributed by atoms with van der Waals surface area (Å²) >= 11 is 0. The molecule has 1 fully saturated rings. The van der Waals surface area contributed by atoms with E-state index in [-0.39, 0.29) is 17.9 Å². The van der Waals surface area contributed by atoms with Gasteiger partial charge in [-0.1, -0.05) is 0 Å². The number of amides is 1. The molecular formula is C12H21NO4. The monoisotopic (exact) mass is 243 g/mol. The molecule has 2 atom stereocenters. The van der Waals surface area contributed by atoms with Crippen LogP contribution in [-0.4, -0.2) is 30.8 Å². The van der Waals surface area contributed by atoms with Crippen molar-refractivity contribution in [2.45, 2.75) is 51.7 Å². The number of nitrogens with one attached hydrogen (secondary N) is 1. The normalized spacial score (nSPS) is 24.2. The Bertz CT molecular complexity index is 295. The summed E-state index contributed by atoms with van der Waals surface area (Å²) in [4.78, 5) is 22.8. The van der Waals surface area contributed by atoms with Crippen LogP contribution in [0.4, 0.5) is 4.79 Å². The first-order chi connectivity index (χ1) is 7.81. The molecule has 5 heteroatoms. The van der Waals surface area contributed by atoms with E-state index in [0.717, 1.165) is 12.8 Å². The Hall–Kier alpha value is -1.26. The SMILES string of the molecule is COC(=O)C1CC[C@H](NC(=O)OC(C)(C)C)C1. The van der Waals surface area contributed by atoms with Gasteiger partial charge in [-0.25, -0.2) is 4.79 Å². The highest BCUT2D eigenvalue weighted by atomic mass is 16.6. The fraction of sp³-hybridized carbons (Fsp3) is 0.833. The van der Waals surface area contributed by atoms with E-state index >= 15 is 0 Å². The molecule has 0 aromatic rings. The van der Waals surface area contributed by atoms with Gasteiger partial charge in [0.15, 0.2) is 0 Å². The van der Waals surface area contributed by atoms with Gasteiger partial charge >= 0.3 is 12.1 Å². The molecule has 1 N–H and O–H groups in total. The van der Waals surface area contributed by atoms with Crippen LogP contribution >= 0.6 is 0 Å². The lowest BCUT2D eigenvalue weighted by atomic mass is 10.1. The highest BCUT2D eigenvalue weighted by Crippen LogP contribution is 2.26. The Morgan fingerprint density at radius 3 is 2.41 bits per heavy atom. The number of esters is 1. The first-order valence-corrected chi connectivity index (χ1v) is 5.89. The average molecular weight is 243 g/mol. The highest BCUT2D eigenvalue weighted by Gasteiger charge is 2.32. The van der Waals surface area contributed by atoms with E-state index in [4.69, 9.17) is 4.74 Å². The van der Waals surface area contributed by atoms with Crippen LogP contribution in [0, 0.1) is 5.92 Å². The van der Waals surface area contributed by atoms with Crippen molar-refractivity contribution in [2.24, 2.45) is 5.92 Å². The zero-order valence-corrected chi connectivity index (χ0v) is 10.9. The zero-order chi connectivity index (χ0) is 13.1. The van der Waals surface area contributed by atoms with Crippen molar-refractivity contribution in [3.8, 4) is 0 Å². The molecule has 5 nitrogen and oxygen atoms in total. The second-order valence-corrected chi connectivity index (χ2v) is 5.38. The van der Waals surface area contributed by atoms with Gasteiger partial charge < -0.3 is 14.8 Å². The lowest BCUT2D eigenvalue weighted by molar-refractivity contribution is -0.145. The summed E-state index contributed by atoms with van der Waals surface area (Å²) in [5, 5.41) is 2.78. The van der Waals surface area contributed by atoms with E-state index in [1.54, 1.807) is 0 Å². The van der Waals surface area contributed by atoms with Crippen LogP contribution in [-0.2, 0) is 14.3 Å². The molecule has 0 aromatic heterocycles. The third-order valence-corrected chi connectivity index (χ3v) is 2.69. The van der Waals surface area contributed by atoms with Crippen LogP contribution in [0.15, 0.2) is 0 Å². The van der Waals surface area contributed by atoms with Crippen molar-refractivity contribution in [1.29, 1.82) is 0 Å². The number of rotatable bonds is 2. The van der Waals surface area contributed by atoms with Gasteiger partial charge in [0.05, 0.1) is 13.0 Å². The molecule has 0 aromatic carbocycles. The lowest BCUT2D eigenvalue weighted by Gasteiger charge is -2.21. The van der Waals surface area contributed by atoms with Crippen LogP contribution in [0.1, 0.15) is 40.0 Å². The summed E-state index contributed by atoms with van der Waals surface area (Å²) in [6.07, 6.45) is 1.76. The second kappa shape index (κ2) is 5.38. The fourth-order valence-corrected chi connectivity index (χ4v) is 1.97. The number of carbonyl (C=O) groups is 2. The van der Waals surface area contributed by atoms with Gasteiger partial charge in [-0.2, -0.15) is 0 Å². The van der Waals surface area contributed by atoms with Crippen molar-refractivity contribution < 1.29 is 19.1 Å². The smallest absolute Gasteiger partial charge is 0.407 e. The van der Waals surface area contributed by atoms with Gasteiger partial charge in [0.25, 0.3) is 0 Å². The van der Waals surface area contributed by atoms with E-state index in [1.165, 1.54) is 7.11 Å². The minimum absolute atomic E-state index is 0.00829. The number of methoxy groups -OCH3 is 1. The van der Waals surface area contributed by atoms with Gasteiger partial charge in [-0.15, -0.1) is 0 Å². The third kappa shape index (κ3) is 4.63. The van der Waals surface area contributed by atoms with Gasteiger partial charge in [0.2, 0.25) is 0 Å². The molecule has 98 valence electrons. The van der Waals surface area contributed by atoms with E-state index in [0.29, 0.717) is 6.42 Å². The summed E-state index contributed by atoms with van der Waals surface area (Å²) in [5.41, 5.74) is -0.496. The van der Waals surface area contributed by atoms with Gasteiger partial charge in [-0.05, 0) is 40.0 Å². The molecular weight excluding hydrogens is 222 g/mol. The van der Waals surface area contributed by atoms with Crippen molar-refractivity contribution in [3.63, 3.8) is 0 Å². The molecule has 0 saturated heterocycles. The lowest BCUT2D eigenvalue weighted by Crippen LogP contribution is -2.38. The molecule has 1 aliphatic rings. The predicted molar refractivity (Wildman–Crippen MR) is 62.5 cm³/mol. The van der Waals surface area contributed by atoms with Crippen molar-refractivity contribution in [2.75, 3.05) is 7.11 Å². The van der Waals surface area contributed by atoms with E-state index < -0.39 is 11.7 Å². The highest BCUT2D eigenvalue weighted by molar-refractivity contribution is 5.73. The van der Waals surface area contributed by atoms with Crippen molar-refractivity contribution in [3.05, 3.63) is 0 Å². The maximum absolute atomic E-state index is 11.5. The molecule has 0 aliphatic heterocycles. The zero-order valence-electron chi connectivity index (χ0n) is 10.9. The van der Waals surface area contributed by atoms with Gasteiger partial charge in [0.1, 0.15) is 5.60 Å². The van der Waals surface area contributed by atoms with Crippen LogP contribution < -0.4 is 5.32 Å². The first-order valence-electron chi connectivity index (χ1n) is 5.89. The molecule has 1 aliphatic carbocycles. The topological polar surface area (TPSA) is 64.6 Å². The second-order valence-electron chi connectivity index (χ2n) is 5.38. The molecule has 0 spiro atoms. The van der Waals surface area contributed by atoms with E-state index in [9.17, 15) is 9.59 Å². The maximum atomic E-state index is 11.5. The first kappa shape index (κ1) is 13.8. The molecule has 0 bridgehead atoms. The minimum atomic E-state index is -0.496. The van der Waals surface area contributed by atoms with Crippen LogP contribution in [0.2, 0.25) is 0 Å². The predicted octanol–water partition coefficient (Wildman–Crippen LogP) is 1.85. The fourth-order valence-electron chi connectivity index (χ4n) is 1.97. The Labute approximate surface area is 102 Å². The van der Waals surface area contributed by atoms with E-state index in [2.05, 4.69) is 10.1 Å². The summed E-state index contributed by atoms with van der Waals surface area (Å²) in [5.74, 6) is -0.293. The Morgan fingerprint density at radius 1 is 1.24 bits per heavy atom. The largest absolute Gasteiger partial charge is 0.469 e. The Balaban J connectivity index is 2.35. The molecule has 0 radical (unpaired) electrons. The summed E-state index contributed by atoms with van der Waals surface area (Å²) in [6.45, 7) is 5.45. The number of alkyl carbamates (subject to hydrolysis) is 1. The molecule has 1 rings (SSSR count). The summed E-state index contributed by atoms with van der Waals surface area (Å²) in [7, 11) is 1.39. The molecule has 0 heterocycles. The number of hydrogen-bond acceptors (Lipinski definition) is 4. The van der Waals surface area contributed by atoms with Crippen LogP contribution in [0.5, 0.6) is 0 Å². The van der Waals surface area contributed by atoms with E-state index in [1.807, 2.05) is 20.8 Å². The molecule has 1 amide bonds. The Kier molecular flexibility index (Phi) is 4.37. The van der Waals surface area contributed by atoms with Gasteiger partial charge in [-0.3, -0.25) is 4.79 Å². The van der Waals surface area contributed by atoms with Crippen molar-refractivity contribution >= 4 is 12.1 Å². The average Bonchev–Trinajstić information content (AvgIpc) is 2.62. The number of hydrogen-bond donors (Lipinski definition) is 1. The standard InChI is InChI=1S/C12H21NO4/c1-12(2,3)17-11(15)13-9-6-5-8(7-9)10(14)16-4/h8-9H,5-7H2,1-4H3,(H,13,15)/t8?,9-/m0/s1. The summed E-state index contributed by atoms with van der Waals surface area (Å²) in [6, 6.07) is 0.00829. The minimum Gasteiger partial charge on any atom is -0.469 e. The number of ether oxygens (including phenoxy) is 2. The quantitative estimate of drug-likeness (QED) is 0.752. The molecule has 1 unspecified atom stereocenters. The Morgan fingerprint density at radius 2 is 1.88 bits per heavy atom. The molecule has 17 heavy (non-hydrogen) atoms. The van der Waals surface area contributed by atoms with Gasteiger partial charge in [0, 0.05) is 6.04 Å². The summed E-state index contributed by atoms with van der Waals surface area (Å²) < 4.78 is 9.84. The van der Waals surface area contributed by atoms with Crippen LogP contribution in [0.3, 0.4) is 0 Å². The van der Waals surface area contributed by atoms with Crippen LogP contribution in [0.25, 0.3) is 0 Å². The maximum Gasteiger partial charge on any atom is 0.407 e. The molecule has 1 saturated carbocycles.